The van der Waals surface area contributed by atoms with Crippen molar-refractivity contribution in [2.24, 2.45) is 0 Å². The summed E-state index contributed by atoms with van der Waals surface area (Å²) in [6, 6.07) is 14.2. The van der Waals surface area contributed by atoms with Crippen molar-refractivity contribution in [3.8, 4) is 23.1 Å². The van der Waals surface area contributed by atoms with Crippen LogP contribution in [0.5, 0.6) is 5.75 Å². The molecule has 0 fully saturated rings. The number of thiazole rings is 1. The van der Waals surface area contributed by atoms with Crippen molar-refractivity contribution in [3.05, 3.63) is 70.4 Å². The van der Waals surface area contributed by atoms with E-state index in [0.717, 1.165) is 22.6 Å². The van der Waals surface area contributed by atoms with Gasteiger partial charge in [-0.1, -0.05) is 6.07 Å². The smallest absolute Gasteiger partial charge is 0.136 e. The Balaban J connectivity index is 1.83. The van der Waals surface area contributed by atoms with Crippen molar-refractivity contribution in [2.75, 3.05) is 12.4 Å². The zero-order chi connectivity index (χ0) is 18.5. The highest BCUT2D eigenvalue weighted by atomic mass is 32.1. The van der Waals surface area contributed by atoms with Gasteiger partial charge in [-0.15, -0.1) is 11.3 Å². The lowest BCUT2D eigenvalue weighted by molar-refractivity contribution is 0.415. The molecule has 0 saturated heterocycles. The van der Waals surface area contributed by atoms with Gasteiger partial charge in [0.15, 0.2) is 0 Å². The molecule has 1 heterocycles. The number of ether oxygens (including phenoxy) is 1. The first kappa shape index (κ1) is 17.6. The maximum absolute atomic E-state index is 13.4. The van der Waals surface area contributed by atoms with Crippen LogP contribution >= 0.6 is 11.3 Å². The third-order valence-electron chi connectivity index (χ3n) is 3.81. The minimum absolute atomic E-state index is 0.332. The maximum Gasteiger partial charge on any atom is 0.136 e. The van der Waals surface area contributed by atoms with Crippen LogP contribution in [0.25, 0.3) is 16.8 Å². The molecule has 0 spiro atoms. The predicted molar refractivity (Wildman–Crippen MR) is 102 cm³/mol. The fraction of sp³-hybridized carbons (Fsp3) is 0.100. The highest BCUT2D eigenvalue weighted by Crippen LogP contribution is 2.27. The molecule has 6 heteroatoms. The number of allylic oxidation sites excluding steroid dienone is 1. The Morgan fingerprint density at radius 1 is 1.27 bits per heavy atom. The summed E-state index contributed by atoms with van der Waals surface area (Å²) in [5.41, 5.74) is 3.62. The van der Waals surface area contributed by atoms with E-state index in [0.29, 0.717) is 16.3 Å². The number of aryl methyl sites for hydroxylation is 1. The molecule has 3 aromatic rings. The van der Waals surface area contributed by atoms with Gasteiger partial charge in [-0.05, 0) is 48.9 Å². The van der Waals surface area contributed by atoms with E-state index < -0.39 is 0 Å². The van der Waals surface area contributed by atoms with E-state index in [-0.39, 0.29) is 5.82 Å². The molecule has 26 heavy (non-hydrogen) atoms. The summed E-state index contributed by atoms with van der Waals surface area (Å²) in [4.78, 5) is 4.53. The molecule has 0 saturated carbocycles. The van der Waals surface area contributed by atoms with E-state index >= 15 is 0 Å². The maximum atomic E-state index is 13.4. The number of nitriles is 1. The van der Waals surface area contributed by atoms with Crippen molar-refractivity contribution in [2.45, 2.75) is 6.92 Å². The highest BCUT2D eigenvalue weighted by molar-refractivity contribution is 7.11. The number of hydrogen-bond acceptors (Lipinski definition) is 5. The predicted octanol–water partition coefficient (Wildman–Crippen LogP) is 5.24. The zero-order valence-electron chi connectivity index (χ0n) is 14.3. The molecule has 130 valence electrons. The fourth-order valence-corrected chi connectivity index (χ4v) is 3.13. The molecule has 0 radical (unpaired) electrons. The van der Waals surface area contributed by atoms with Gasteiger partial charge >= 0.3 is 0 Å². The first-order valence-electron chi connectivity index (χ1n) is 7.84. The van der Waals surface area contributed by atoms with Gasteiger partial charge in [0, 0.05) is 22.8 Å². The van der Waals surface area contributed by atoms with Gasteiger partial charge in [0.1, 0.15) is 28.2 Å². The van der Waals surface area contributed by atoms with Gasteiger partial charge in [0.2, 0.25) is 0 Å². The van der Waals surface area contributed by atoms with E-state index in [2.05, 4.69) is 16.4 Å². The molecule has 3 rings (SSSR count). The van der Waals surface area contributed by atoms with Crippen LogP contribution in [0.2, 0.25) is 0 Å². The number of anilines is 1. The van der Waals surface area contributed by atoms with E-state index in [1.165, 1.54) is 23.5 Å². The lowest BCUT2D eigenvalue weighted by atomic mass is 10.2. The molecule has 1 aromatic heterocycles. The summed E-state index contributed by atoms with van der Waals surface area (Å²) in [6.07, 6.45) is 1.55. The number of methoxy groups -OCH3 is 1. The van der Waals surface area contributed by atoms with E-state index in [1.807, 2.05) is 36.6 Å². The number of aromatic nitrogens is 1. The summed E-state index contributed by atoms with van der Waals surface area (Å²) >= 11 is 1.38. The molecule has 0 aliphatic carbocycles. The average molecular weight is 365 g/mol. The molecule has 0 aliphatic rings. The van der Waals surface area contributed by atoms with Crippen LogP contribution in [0.1, 0.15) is 10.6 Å². The molecule has 1 N–H and O–H groups in total. The van der Waals surface area contributed by atoms with E-state index in [9.17, 15) is 9.65 Å². The molecule has 0 atom stereocenters. The zero-order valence-corrected chi connectivity index (χ0v) is 15.1. The Labute approximate surface area is 155 Å². The summed E-state index contributed by atoms with van der Waals surface area (Å²) in [5.74, 6) is 0.442. The second-order valence-electron chi connectivity index (χ2n) is 5.54. The lowest BCUT2D eigenvalue weighted by Crippen LogP contribution is -1.94. The van der Waals surface area contributed by atoms with Crippen molar-refractivity contribution < 1.29 is 9.13 Å². The largest absolute Gasteiger partial charge is 0.497 e. The van der Waals surface area contributed by atoms with Crippen LogP contribution in [0, 0.1) is 24.1 Å². The van der Waals surface area contributed by atoms with Crippen LogP contribution in [0.4, 0.5) is 10.1 Å². The van der Waals surface area contributed by atoms with Crippen molar-refractivity contribution in [1.29, 1.82) is 5.26 Å². The topological polar surface area (TPSA) is 57.9 Å². The number of hydrogen-bond donors (Lipinski definition) is 1. The summed E-state index contributed by atoms with van der Waals surface area (Å²) in [5, 5.41) is 14.9. The van der Waals surface area contributed by atoms with Gasteiger partial charge in [-0.3, -0.25) is 0 Å². The fourth-order valence-electron chi connectivity index (χ4n) is 2.33. The van der Waals surface area contributed by atoms with Crippen molar-refractivity contribution >= 4 is 22.6 Å². The number of nitrogens with zero attached hydrogens (tertiary/aromatic N) is 2. The molecular weight excluding hydrogens is 349 g/mol. The standard InChI is InChI=1S/C20H16FN3OS/c1-13-3-6-16(21)9-18(13)23-11-15(10-22)20-24-19(12-26-20)14-4-7-17(25-2)8-5-14/h3-9,11-12,23H,1-2H3. The van der Waals surface area contributed by atoms with Gasteiger partial charge in [-0.2, -0.15) is 5.26 Å². The van der Waals surface area contributed by atoms with Gasteiger partial charge in [-0.25, -0.2) is 9.37 Å². The van der Waals surface area contributed by atoms with Gasteiger partial charge < -0.3 is 10.1 Å². The van der Waals surface area contributed by atoms with E-state index in [1.54, 1.807) is 19.4 Å². The first-order chi connectivity index (χ1) is 12.6. The molecule has 0 amide bonds. The summed E-state index contributed by atoms with van der Waals surface area (Å²) in [6.45, 7) is 1.87. The number of rotatable bonds is 5. The third kappa shape index (κ3) is 3.90. The Morgan fingerprint density at radius 3 is 2.73 bits per heavy atom. The van der Waals surface area contributed by atoms with Crippen LogP contribution in [0.3, 0.4) is 0 Å². The molecular formula is C20H16FN3OS. The van der Waals surface area contributed by atoms with Crippen molar-refractivity contribution in [1.82, 2.24) is 4.98 Å². The molecule has 4 nitrogen and oxygen atoms in total. The summed E-state index contributed by atoms with van der Waals surface area (Å²) in [7, 11) is 1.62. The molecule has 0 unspecified atom stereocenters. The number of halogens is 1. The van der Waals surface area contributed by atoms with Gasteiger partial charge in [0.05, 0.1) is 12.8 Å². The summed E-state index contributed by atoms with van der Waals surface area (Å²) < 4.78 is 18.5. The minimum Gasteiger partial charge on any atom is -0.497 e. The normalized spacial score (nSPS) is 11.1. The second-order valence-corrected chi connectivity index (χ2v) is 6.40. The SMILES string of the molecule is COc1ccc(-c2csc(C(C#N)=CNc3cc(F)ccc3C)n2)cc1. The number of nitrogens with one attached hydrogen (secondary N) is 1. The highest BCUT2D eigenvalue weighted by Gasteiger charge is 2.09. The molecule has 2 aromatic carbocycles. The van der Waals surface area contributed by atoms with Crippen LogP contribution in [-0.4, -0.2) is 12.1 Å². The Bertz CT molecular complexity index is 987. The van der Waals surface area contributed by atoms with Crippen LogP contribution in [0.15, 0.2) is 54.0 Å². The quantitative estimate of drug-likeness (QED) is 0.628. The molecule has 0 aliphatic heterocycles. The van der Waals surface area contributed by atoms with Gasteiger partial charge in [0.25, 0.3) is 0 Å². The second kappa shape index (κ2) is 7.81. The van der Waals surface area contributed by atoms with E-state index in [4.69, 9.17) is 4.74 Å². The average Bonchev–Trinajstić information content (AvgIpc) is 3.15. The van der Waals surface area contributed by atoms with Crippen LogP contribution in [-0.2, 0) is 0 Å². The molecule has 0 bridgehead atoms. The monoisotopic (exact) mass is 365 g/mol. The van der Waals surface area contributed by atoms with Crippen LogP contribution < -0.4 is 10.1 Å². The Hall–Kier alpha value is -3.17. The Morgan fingerprint density at radius 2 is 2.04 bits per heavy atom. The minimum atomic E-state index is -0.332. The number of benzene rings is 2. The Kier molecular flexibility index (Phi) is 5.30. The van der Waals surface area contributed by atoms with Crippen molar-refractivity contribution in [3.63, 3.8) is 0 Å². The first-order valence-corrected chi connectivity index (χ1v) is 8.72. The third-order valence-corrected chi connectivity index (χ3v) is 4.69. The lowest BCUT2D eigenvalue weighted by Gasteiger charge is -2.05.